The van der Waals surface area contributed by atoms with Gasteiger partial charge in [-0.1, -0.05) is 36.9 Å². The van der Waals surface area contributed by atoms with Gasteiger partial charge in [0, 0.05) is 18.9 Å². The highest BCUT2D eigenvalue weighted by molar-refractivity contribution is 8.00. The number of carbonyl (C=O) groups is 1. The minimum atomic E-state index is -0.357. The number of nitrogens with one attached hydrogen (secondary N) is 1. The van der Waals surface area contributed by atoms with Gasteiger partial charge in [-0.05, 0) is 37.1 Å². The Labute approximate surface area is 162 Å². The number of hydrogen-bond acceptors (Lipinski definition) is 5. The lowest BCUT2D eigenvalue weighted by atomic mass is 10.2. The number of amides is 1. The van der Waals surface area contributed by atoms with Crippen LogP contribution in [0.15, 0.2) is 58.7 Å². The average molecular weight is 382 g/mol. The summed E-state index contributed by atoms with van der Waals surface area (Å²) in [4.78, 5) is 34.1. The number of carbonyl (C=O) groups excluding carboxylic acids is 1. The highest BCUT2D eigenvalue weighted by Crippen LogP contribution is 2.23. The molecule has 0 radical (unpaired) electrons. The van der Waals surface area contributed by atoms with Gasteiger partial charge in [-0.3, -0.25) is 19.1 Å². The van der Waals surface area contributed by atoms with Crippen LogP contribution in [-0.2, 0) is 11.3 Å². The number of aromatic nitrogens is 3. The zero-order valence-electron chi connectivity index (χ0n) is 15.4. The van der Waals surface area contributed by atoms with Crippen LogP contribution in [0.4, 0.5) is 0 Å². The lowest BCUT2D eigenvalue weighted by Gasteiger charge is -2.16. The molecule has 1 N–H and O–H groups in total. The van der Waals surface area contributed by atoms with Gasteiger partial charge >= 0.3 is 0 Å². The smallest absolute Gasteiger partial charge is 0.262 e. The molecule has 27 heavy (non-hydrogen) atoms. The summed E-state index contributed by atoms with van der Waals surface area (Å²) in [5.41, 5.74) is 1.42. The molecule has 1 unspecified atom stereocenters. The van der Waals surface area contributed by atoms with Gasteiger partial charge in [-0.15, -0.1) is 0 Å². The minimum absolute atomic E-state index is 0.0582. The molecule has 140 valence electrons. The molecular weight excluding hydrogens is 360 g/mol. The molecule has 0 aliphatic rings. The molecule has 0 saturated heterocycles. The monoisotopic (exact) mass is 382 g/mol. The zero-order chi connectivity index (χ0) is 19.2. The standard InChI is InChI=1S/C20H22N4O2S/c1-3-10-22-18(25)14(2)27-20-23-17-9-5-4-8-16(17)19(26)24(20)13-15-7-6-11-21-12-15/h4-9,11-12,14H,3,10,13H2,1-2H3,(H,22,25). The quantitative estimate of drug-likeness (QED) is 0.502. The van der Waals surface area contributed by atoms with E-state index in [1.165, 1.54) is 11.8 Å². The van der Waals surface area contributed by atoms with Crippen LogP contribution in [0.2, 0.25) is 0 Å². The fourth-order valence-corrected chi connectivity index (χ4v) is 3.59. The first-order chi connectivity index (χ1) is 13.1. The Bertz CT molecular complexity index is 988. The Morgan fingerprint density at radius 2 is 2.07 bits per heavy atom. The molecule has 0 aliphatic heterocycles. The molecule has 6 nitrogen and oxygen atoms in total. The number of benzene rings is 1. The molecule has 7 heteroatoms. The summed E-state index contributed by atoms with van der Waals surface area (Å²) in [6.07, 6.45) is 4.30. The Hall–Kier alpha value is -2.67. The van der Waals surface area contributed by atoms with E-state index in [0.717, 1.165) is 12.0 Å². The minimum Gasteiger partial charge on any atom is -0.355 e. The second-order valence-electron chi connectivity index (χ2n) is 6.22. The van der Waals surface area contributed by atoms with Gasteiger partial charge in [0.25, 0.3) is 5.56 Å². The highest BCUT2D eigenvalue weighted by Gasteiger charge is 2.19. The van der Waals surface area contributed by atoms with Crippen LogP contribution >= 0.6 is 11.8 Å². The van der Waals surface area contributed by atoms with E-state index in [1.54, 1.807) is 23.0 Å². The van der Waals surface area contributed by atoms with Gasteiger partial charge in [-0.2, -0.15) is 0 Å². The number of para-hydroxylation sites is 1. The van der Waals surface area contributed by atoms with Crippen molar-refractivity contribution in [1.82, 2.24) is 19.9 Å². The van der Waals surface area contributed by atoms with Crippen LogP contribution in [-0.4, -0.2) is 32.2 Å². The predicted molar refractivity (Wildman–Crippen MR) is 108 cm³/mol. The van der Waals surface area contributed by atoms with Crippen molar-refractivity contribution in [2.45, 2.75) is 37.2 Å². The van der Waals surface area contributed by atoms with Crippen LogP contribution < -0.4 is 10.9 Å². The molecule has 1 atom stereocenters. The lowest BCUT2D eigenvalue weighted by Crippen LogP contribution is -2.32. The molecule has 2 aromatic heterocycles. The predicted octanol–water partition coefficient (Wildman–Crippen LogP) is 2.85. The second-order valence-corrected chi connectivity index (χ2v) is 7.52. The molecule has 3 rings (SSSR count). The van der Waals surface area contributed by atoms with E-state index in [9.17, 15) is 9.59 Å². The third-order valence-corrected chi connectivity index (χ3v) is 5.18. The summed E-state index contributed by atoms with van der Waals surface area (Å²) < 4.78 is 1.62. The summed E-state index contributed by atoms with van der Waals surface area (Å²) in [7, 11) is 0. The fraction of sp³-hybridized carbons (Fsp3) is 0.300. The third-order valence-electron chi connectivity index (χ3n) is 4.09. The maximum absolute atomic E-state index is 13.1. The number of fused-ring (bicyclic) bond motifs is 1. The topological polar surface area (TPSA) is 76.9 Å². The second kappa shape index (κ2) is 8.81. The third kappa shape index (κ3) is 4.54. The average Bonchev–Trinajstić information content (AvgIpc) is 2.69. The van der Waals surface area contributed by atoms with E-state index in [1.807, 2.05) is 44.2 Å². The van der Waals surface area contributed by atoms with Crippen molar-refractivity contribution in [3.8, 4) is 0 Å². The van der Waals surface area contributed by atoms with E-state index in [-0.39, 0.29) is 16.7 Å². The van der Waals surface area contributed by atoms with Crippen molar-refractivity contribution in [2.75, 3.05) is 6.54 Å². The van der Waals surface area contributed by atoms with Crippen LogP contribution in [0, 0.1) is 0 Å². The SMILES string of the molecule is CCCNC(=O)C(C)Sc1nc2ccccc2c(=O)n1Cc1cccnc1. The first-order valence-electron chi connectivity index (χ1n) is 8.93. The molecule has 1 amide bonds. The Balaban J connectivity index is 2.00. The number of nitrogens with zero attached hydrogens (tertiary/aromatic N) is 3. The summed E-state index contributed by atoms with van der Waals surface area (Å²) in [5.74, 6) is -0.0582. The van der Waals surface area contributed by atoms with Gasteiger partial charge in [0.05, 0.1) is 22.7 Å². The molecule has 0 aliphatic carbocycles. The van der Waals surface area contributed by atoms with E-state index < -0.39 is 0 Å². The number of thioether (sulfide) groups is 1. The van der Waals surface area contributed by atoms with Crippen LogP contribution in [0.1, 0.15) is 25.8 Å². The van der Waals surface area contributed by atoms with Crippen molar-refractivity contribution in [2.24, 2.45) is 0 Å². The Morgan fingerprint density at radius 1 is 1.26 bits per heavy atom. The van der Waals surface area contributed by atoms with Crippen LogP contribution in [0.5, 0.6) is 0 Å². The molecule has 1 aromatic carbocycles. The molecular formula is C20H22N4O2S. The van der Waals surface area contributed by atoms with E-state index in [0.29, 0.717) is 29.1 Å². The Morgan fingerprint density at radius 3 is 2.81 bits per heavy atom. The normalized spacial score (nSPS) is 12.1. The molecule has 2 heterocycles. The van der Waals surface area contributed by atoms with Crippen molar-refractivity contribution in [3.63, 3.8) is 0 Å². The maximum atomic E-state index is 13.1. The van der Waals surface area contributed by atoms with Gasteiger partial charge in [0.15, 0.2) is 5.16 Å². The molecule has 0 bridgehead atoms. The lowest BCUT2D eigenvalue weighted by molar-refractivity contribution is -0.120. The van der Waals surface area contributed by atoms with Crippen LogP contribution in [0.3, 0.4) is 0 Å². The van der Waals surface area contributed by atoms with Gasteiger partial charge in [0.2, 0.25) is 5.91 Å². The van der Waals surface area contributed by atoms with Crippen molar-refractivity contribution in [1.29, 1.82) is 0 Å². The summed E-state index contributed by atoms with van der Waals surface area (Å²) in [6, 6.07) is 11.0. The molecule has 0 fully saturated rings. The first-order valence-corrected chi connectivity index (χ1v) is 9.81. The Kier molecular flexibility index (Phi) is 6.24. The van der Waals surface area contributed by atoms with Crippen LogP contribution in [0.25, 0.3) is 10.9 Å². The van der Waals surface area contributed by atoms with Crippen molar-refractivity contribution in [3.05, 3.63) is 64.7 Å². The fourth-order valence-electron chi connectivity index (χ4n) is 2.65. The molecule has 0 spiro atoms. The van der Waals surface area contributed by atoms with Gasteiger partial charge in [-0.25, -0.2) is 4.98 Å². The number of rotatable bonds is 7. The van der Waals surface area contributed by atoms with E-state index in [4.69, 9.17) is 0 Å². The number of hydrogen-bond donors (Lipinski definition) is 1. The van der Waals surface area contributed by atoms with Crippen molar-refractivity contribution >= 4 is 28.6 Å². The summed E-state index contributed by atoms with van der Waals surface area (Å²) in [6.45, 7) is 4.83. The van der Waals surface area contributed by atoms with Gasteiger partial charge in [0.1, 0.15) is 0 Å². The van der Waals surface area contributed by atoms with E-state index >= 15 is 0 Å². The summed E-state index contributed by atoms with van der Waals surface area (Å²) in [5, 5.41) is 3.62. The highest BCUT2D eigenvalue weighted by atomic mass is 32.2. The maximum Gasteiger partial charge on any atom is 0.262 e. The molecule has 3 aromatic rings. The first kappa shape index (κ1) is 19.1. The molecule has 0 saturated carbocycles. The van der Waals surface area contributed by atoms with E-state index in [2.05, 4.69) is 15.3 Å². The zero-order valence-corrected chi connectivity index (χ0v) is 16.2. The largest absolute Gasteiger partial charge is 0.355 e. The van der Waals surface area contributed by atoms with Gasteiger partial charge < -0.3 is 5.32 Å². The van der Waals surface area contributed by atoms with Crippen molar-refractivity contribution < 1.29 is 4.79 Å². The summed E-state index contributed by atoms with van der Waals surface area (Å²) >= 11 is 1.30. The number of pyridine rings is 1.